The first-order valence-corrected chi connectivity index (χ1v) is 11.4. The minimum absolute atomic E-state index is 0.197. The molecule has 0 saturated carbocycles. The fourth-order valence-corrected chi connectivity index (χ4v) is 4.13. The Kier molecular flexibility index (Phi) is 8.05. The quantitative estimate of drug-likeness (QED) is 0.383. The summed E-state index contributed by atoms with van der Waals surface area (Å²) >= 11 is 0. The molecule has 1 heterocycles. The van der Waals surface area contributed by atoms with Crippen molar-refractivity contribution in [2.45, 2.75) is 76.4 Å². The third-order valence-electron chi connectivity index (χ3n) is 5.27. The van der Waals surface area contributed by atoms with Crippen molar-refractivity contribution >= 4 is 7.82 Å². The lowest BCUT2D eigenvalue weighted by molar-refractivity contribution is 0.0138. The van der Waals surface area contributed by atoms with E-state index in [4.69, 9.17) is 20.3 Å². The molecule has 1 aromatic carbocycles. The minimum atomic E-state index is -4.54. The number of ether oxygens (including phenoxy) is 1. The first-order valence-electron chi connectivity index (χ1n) is 9.88. The monoisotopic (exact) mass is 399 g/mol. The Morgan fingerprint density at radius 2 is 1.78 bits per heavy atom. The van der Waals surface area contributed by atoms with E-state index in [0.29, 0.717) is 6.42 Å². The summed E-state index contributed by atoms with van der Waals surface area (Å²) < 4.78 is 21.5. The Balaban J connectivity index is 1.86. The number of nitrogens with two attached hydrogens (primary N) is 1. The van der Waals surface area contributed by atoms with Gasteiger partial charge >= 0.3 is 7.82 Å². The Morgan fingerprint density at radius 3 is 2.41 bits per heavy atom. The highest BCUT2D eigenvalue weighted by molar-refractivity contribution is 7.46. The molecule has 27 heavy (non-hydrogen) atoms. The molecule has 0 bridgehead atoms. The Bertz CT molecular complexity index is 632. The third-order valence-corrected chi connectivity index (χ3v) is 5.74. The molecule has 1 aromatic rings. The molecule has 0 aromatic heterocycles. The third kappa shape index (κ3) is 7.30. The number of aryl methyl sites for hydroxylation is 1. The first-order chi connectivity index (χ1) is 12.7. The summed E-state index contributed by atoms with van der Waals surface area (Å²) in [6.07, 6.45) is 9.26. The van der Waals surface area contributed by atoms with Gasteiger partial charge in [-0.2, -0.15) is 0 Å². The van der Waals surface area contributed by atoms with Crippen LogP contribution >= 0.6 is 7.82 Å². The van der Waals surface area contributed by atoms with Crippen molar-refractivity contribution in [1.29, 1.82) is 0 Å². The molecule has 0 unspecified atom stereocenters. The van der Waals surface area contributed by atoms with Crippen molar-refractivity contribution in [1.82, 2.24) is 0 Å². The number of phosphoric ester groups is 1. The van der Waals surface area contributed by atoms with E-state index in [-0.39, 0.29) is 13.2 Å². The minimum Gasteiger partial charge on any atom is -0.369 e. The van der Waals surface area contributed by atoms with Crippen molar-refractivity contribution in [3.63, 3.8) is 0 Å². The number of hydrogen-bond acceptors (Lipinski definition) is 4. The summed E-state index contributed by atoms with van der Waals surface area (Å²) in [5, 5.41) is 0. The summed E-state index contributed by atoms with van der Waals surface area (Å²) in [7, 11) is -4.54. The average molecular weight is 399 g/mol. The van der Waals surface area contributed by atoms with E-state index in [2.05, 4.69) is 35.7 Å². The lowest BCUT2D eigenvalue weighted by Crippen LogP contribution is -2.45. The van der Waals surface area contributed by atoms with Crippen LogP contribution in [0.3, 0.4) is 0 Å². The van der Waals surface area contributed by atoms with Crippen LogP contribution in [0.25, 0.3) is 0 Å². The van der Waals surface area contributed by atoms with Crippen molar-refractivity contribution in [2.24, 2.45) is 5.73 Å². The van der Waals surface area contributed by atoms with Gasteiger partial charge < -0.3 is 20.3 Å². The van der Waals surface area contributed by atoms with Gasteiger partial charge in [0.2, 0.25) is 0 Å². The van der Waals surface area contributed by atoms with Crippen LogP contribution in [0.4, 0.5) is 0 Å². The maximum absolute atomic E-state index is 10.9. The number of phosphoric acid groups is 1. The van der Waals surface area contributed by atoms with E-state index in [1.165, 1.54) is 44.1 Å². The fraction of sp³-hybridized carbons (Fsp3) is 0.700. The Labute approximate surface area is 162 Å². The average Bonchev–Trinajstić information content (AvgIpc) is 2.93. The number of benzene rings is 1. The summed E-state index contributed by atoms with van der Waals surface area (Å²) in [4.78, 5) is 17.8. The molecular formula is C20H34NO5P. The van der Waals surface area contributed by atoms with Gasteiger partial charge in [-0.15, -0.1) is 0 Å². The molecule has 1 saturated heterocycles. The van der Waals surface area contributed by atoms with Crippen LogP contribution in [0.1, 0.15) is 69.9 Å². The van der Waals surface area contributed by atoms with Crippen molar-refractivity contribution in [3.05, 3.63) is 35.4 Å². The number of rotatable bonds is 11. The van der Waals surface area contributed by atoms with Crippen LogP contribution in [0.5, 0.6) is 0 Å². The molecule has 154 valence electrons. The lowest BCUT2D eigenvalue weighted by Gasteiger charge is -2.27. The summed E-state index contributed by atoms with van der Waals surface area (Å²) in [6.45, 7) is 4.16. The smallest absolute Gasteiger partial charge is 0.369 e. The van der Waals surface area contributed by atoms with E-state index in [9.17, 15) is 4.57 Å². The van der Waals surface area contributed by atoms with Gasteiger partial charge in [0.05, 0.1) is 24.4 Å². The zero-order chi connectivity index (χ0) is 20.0. The van der Waals surface area contributed by atoms with Gasteiger partial charge in [0.1, 0.15) is 0 Å². The Hall–Kier alpha value is -0.750. The molecule has 1 aliphatic rings. The van der Waals surface area contributed by atoms with E-state index < -0.39 is 19.0 Å². The standard InChI is InChI=1S/C20H34NO5P/c1-3-4-5-6-7-8-9-17-10-12-18(13-11-17)19(2)14-20(21,15-25-19)16-26-27(22,23)24/h10-13H,3-9,14-16,21H2,1-2H3,(H2,22,23,24)/t19-,20-/m0/s1. The highest BCUT2D eigenvalue weighted by Gasteiger charge is 2.46. The zero-order valence-corrected chi connectivity index (χ0v) is 17.4. The van der Waals surface area contributed by atoms with Crippen LogP contribution in [-0.2, 0) is 25.8 Å². The molecule has 6 nitrogen and oxygen atoms in total. The van der Waals surface area contributed by atoms with E-state index >= 15 is 0 Å². The maximum atomic E-state index is 10.9. The topological polar surface area (TPSA) is 102 Å². The van der Waals surface area contributed by atoms with Crippen LogP contribution < -0.4 is 5.73 Å². The molecule has 2 atom stereocenters. The Morgan fingerprint density at radius 1 is 1.15 bits per heavy atom. The van der Waals surface area contributed by atoms with Gasteiger partial charge in [-0.3, -0.25) is 4.52 Å². The highest BCUT2D eigenvalue weighted by atomic mass is 31.2. The van der Waals surface area contributed by atoms with Gasteiger partial charge in [0.25, 0.3) is 0 Å². The van der Waals surface area contributed by atoms with Gasteiger partial charge in [-0.1, -0.05) is 63.3 Å². The molecule has 7 heteroatoms. The largest absolute Gasteiger partial charge is 0.469 e. The SMILES string of the molecule is CCCCCCCCc1ccc([C@]2(C)C[C@@](N)(COP(=O)(O)O)CO2)cc1. The first kappa shape index (κ1) is 22.5. The second kappa shape index (κ2) is 9.64. The second-order valence-electron chi connectivity index (χ2n) is 8.04. The normalized spacial score (nSPS) is 25.8. The molecule has 0 spiro atoms. The number of hydrogen-bond donors (Lipinski definition) is 3. The second-order valence-corrected chi connectivity index (χ2v) is 9.28. The summed E-state index contributed by atoms with van der Waals surface area (Å²) in [5.74, 6) is 0. The predicted octanol–water partition coefficient (Wildman–Crippen LogP) is 4.03. The molecule has 0 amide bonds. The molecule has 2 rings (SSSR count). The maximum Gasteiger partial charge on any atom is 0.469 e. The molecular weight excluding hydrogens is 365 g/mol. The van der Waals surface area contributed by atoms with E-state index in [0.717, 1.165) is 12.0 Å². The van der Waals surface area contributed by atoms with Gasteiger partial charge in [-0.05, 0) is 30.9 Å². The lowest BCUT2D eigenvalue weighted by atomic mass is 9.85. The summed E-state index contributed by atoms with van der Waals surface area (Å²) in [5.41, 5.74) is 7.09. The summed E-state index contributed by atoms with van der Waals surface area (Å²) in [6, 6.07) is 8.42. The molecule has 1 aliphatic heterocycles. The molecule has 1 fully saturated rings. The molecule has 4 N–H and O–H groups in total. The zero-order valence-electron chi connectivity index (χ0n) is 16.5. The van der Waals surface area contributed by atoms with Crippen LogP contribution in [0.2, 0.25) is 0 Å². The van der Waals surface area contributed by atoms with Crippen LogP contribution in [-0.4, -0.2) is 28.5 Å². The van der Waals surface area contributed by atoms with Gasteiger partial charge in [0.15, 0.2) is 0 Å². The van der Waals surface area contributed by atoms with Crippen molar-refractivity contribution in [3.8, 4) is 0 Å². The fourth-order valence-electron chi connectivity index (χ4n) is 3.70. The van der Waals surface area contributed by atoms with E-state index in [1.807, 2.05) is 6.92 Å². The van der Waals surface area contributed by atoms with Crippen molar-refractivity contribution in [2.75, 3.05) is 13.2 Å². The van der Waals surface area contributed by atoms with Gasteiger partial charge in [-0.25, -0.2) is 4.57 Å². The molecule has 0 radical (unpaired) electrons. The predicted molar refractivity (Wildman–Crippen MR) is 106 cm³/mol. The van der Waals surface area contributed by atoms with Crippen LogP contribution in [0.15, 0.2) is 24.3 Å². The van der Waals surface area contributed by atoms with Gasteiger partial charge in [0, 0.05) is 6.42 Å². The van der Waals surface area contributed by atoms with Crippen LogP contribution in [0, 0.1) is 0 Å². The van der Waals surface area contributed by atoms with E-state index in [1.54, 1.807) is 0 Å². The highest BCUT2D eigenvalue weighted by Crippen LogP contribution is 2.43. The number of unbranched alkanes of at least 4 members (excludes halogenated alkanes) is 5. The molecule has 0 aliphatic carbocycles. The van der Waals surface area contributed by atoms with Crippen molar-refractivity contribution < 1.29 is 23.6 Å².